The lowest BCUT2D eigenvalue weighted by Crippen LogP contribution is -2.41. The Bertz CT molecular complexity index is 6830. The molecule has 0 saturated carbocycles. The second kappa shape index (κ2) is 34.1. The van der Waals surface area contributed by atoms with Gasteiger partial charge < -0.3 is 26.0 Å². The van der Waals surface area contributed by atoms with Crippen molar-refractivity contribution in [3.8, 4) is 125 Å². The van der Waals surface area contributed by atoms with Crippen molar-refractivity contribution in [2.75, 3.05) is 0 Å². The summed E-state index contributed by atoms with van der Waals surface area (Å²) < 4.78 is 25.7. The molecule has 0 amide bonds. The van der Waals surface area contributed by atoms with E-state index in [1.807, 2.05) is 206 Å². The Morgan fingerprint density at radius 1 is 0.189 bits per heavy atom. The third kappa shape index (κ3) is 15.6. The first-order valence-electron chi connectivity index (χ1n) is 44.8. The summed E-state index contributed by atoms with van der Waals surface area (Å²) in [5.41, 5.74) is 30.4. The van der Waals surface area contributed by atoms with Crippen molar-refractivity contribution in [2.45, 2.75) is 101 Å². The van der Waals surface area contributed by atoms with Crippen molar-refractivity contribution >= 4 is 36.8 Å². The topological polar surface area (TPSA) is 153 Å². The van der Waals surface area contributed by atoms with E-state index in [0.29, 0.717) is 57.4 Å². The highest BCUT2D eigenvalue weighted by Gasteiger charge is 2.54. The molecule has 26 rings (SSSR count). The Kier molecular flexibility index (Phi) is 21.8. The van der Waals surface area contributed by atoms with Gasteiger partial charge in [0.2, 0.25) is 0 Å². The highest BCUT2D eigenvalue weighted by Crippen LogP contribution is 2.59. The molecule has 2 aliphatic heterocycles. The van der Waals surface area contributed by atoms with Gasteiger partial charge in [0.1, 0.15) is 0 Å². The molecule has 4 unspecified atom stereocenters. The quantitative estimate of drug-likeness (QED) is 0.0796. The van der Waals surface area contributed by atoms with Crippen LogP contribution in [0.15, 0.2) is 376 Å². The molecule has 0 radical (unpaired) electrons. The summed E-state index contributed by atoms with van der Waals surface area (Å²) in [6, 6.07) is 131. The third-order valence-electron chi connectivity index (χ3n) is 27.3. The van der Waals surface area contributed by atoms with E-state index in [2.05, 4.69) is 240 Å². The van der Waals surface area contributed by atoms with Crippen LogP contribution >= 0.6 is 11.6 Å². The van der Waals surface area contributed by atoms with Crippen LogP contribution < -0.4 is 10.9 Å². The molecule has 13 nitrogen and oxygen atoms in total. The van der Waals surface area contributed by atoms with Crippen LogP contribution in [-0.4, -0.2) is 81.5 Å². The first kappa shape index (κ1) is 84.4. The molecule has 640 valence electrons. The number of benzene rings is 15. The van der Waals surface area contributed by atoms with Crippen molar-refractivity contribution in [1.82, 2.24) is 44.9 Å². The SMILES string of the molecule is CC1(C)OB(c2ccc3c(c2)C2c4ccccc4C3c3cc(B4OC(C)(C)C(C)(C)O4)ccc32)OC1(C)C.Clc1ccc(-c2nc(-c3ccccc3)nc(-c3ccccc3)n2)cc1.[CH3-].c1ccc(-c2nc(-c3ccccc3)nc(-c3ccc(-c4ccc5c(c4)C4c6ccccc6C5c5cc(-c6ccc(-c7nc(-c8ccccc8)nc(-c8ccccc8)n7)cc6)ccc54)cc3)n2)cc1. The van der Waals surface area contributed by atoms with Crippen molar-refractivity contribution in [2.24, 2.45) is 0 Å². The van der Waals surface area contributed by atoms with E-state index in [4.69, 9.17) is 60.1 Å². The zero-order chi connectivity index (χ0) is 88.9. The Morgan fingerprint density at radius 3 is 0.598 bits per heavy atom. The molecule has 4 bridgehead atoms. The van der Waals surface area contributed by atoms with Gasteiger partial charge in [-0.15, -0.1) is 0 Å². The lowest BCUT2D eigenvalue weighted by Gasteiger charge is -2.42. The minimum Gasteiger partial charge on any atom is -0.399 e. The zero-order valence-corrected chi connectivity index (χ0v) is 75.6. The summed E-state index contributed by atoms with van der Waals surface area (Å²) in [6.07, 6.45) is 0. The van der Waals surface area contributed by atoms with Crippen molar-refractivity contribution < 1.29 is 18.6 Å². The minimum absolute atomic E-state index is 0. The molecule has 5 heterocycles. The smallest absolute Gasteiger partial charge is 0.399 e. The molecular weight excluding hydrogens is 1640 g/mol. The molecule has 8 aliphatic rings. The van der Waals surface area contributed by atoms with E-state index in [0.717, 1.165) is 72.1 Å². The van der Waals surface area contributed by atoms with Crippen LogP contribution in [0, 0.1) is 7.43 Å². The third-order valence-corrected chi connectivity index (χ3v) is 27.6. The van der Waals surface area contributed by atoms with E-state index < -0.39 is 0 Å². The summed E-state index contributed by atoms with van der Waals surface area (Å²) in [4.78, 5) is 43.6. The number of rotatable bonds is 13. The average Bonchev–Trinajstić information content (AvgIpc) is 0.781. The molecule has 4 atom stereocenters. The summed E-state index contributed by atoms with van der Waals surface area (Å²) in [7, 11) is -0.738. The molecule has 0 N–H and O–H groups in total. The summed E-state index contributed by atoms with van der Waals surface area (Å²) in [5, 5.41) is 0.685. The standard InChI is InChI=1S/C62H40N6.C32H36B2O4.C21H14ClN3.CH3/c1-5-15-41(16-6-1)57-63-58(42-17-7-2-8-18-42)66-61(65-57)45-29-25-39(26-30-45)47-33-35-51-53(37-47)55-49-23-13-14-24-50(49)56(51)54-38-48(34-36-52(54)55)40-27-31-46(32-28-40)62-67-59(43-19-9-3-10-20-43)64-60(68-62)44-21-11-4-12-22-44;1-29(2)30(3,4)36-33(35-29)19-13-15-23-25(17-19)27-21-11-9-10-12-22(21)28(23)26-18-20(14-16-24(26)27)34-37-31(5,6)32(7,8)38-34;22-18-13-11-17(12-14-18)21-24-19(15-7-3-1-4-8-15)23-20(25-21)16-9-5-2-6-10-16;/h1-38,55-56H;9-18,27-28H,1-8H3;1-14H;1H3/q;;;-1. The van der Waals surface area contributed by atoms with Gasteiger partial charge in [0, 0.05) is 78.8 Å². The van der Waals surface area contributed by atoms with Gasteiger partial charge in [0.05, 0.1) is 22.4 Å². The maximum Gasteiger partial charge on any atom is 0.494 e. The van der Waals surface area contributed by atoms with Crippen molar-refractivity contribution in [1.29, 1.82) is 0 Å². The van der Waals surface area contributed by atoms with Crippen LogP contribution in [0.3, 0.4) is 0 Å². The van der Waals surface area contributed by atoms with Crippen LogP contribution in [0.25, 0.3) is 125 Å². The van der Waals surface area contributed by atoms with Crippen molar-refractivity contribution in [3.63, 3.8) is 0 Å². The van der Waals surface area contributed by atoms with Gasteiger partial charge in [-0.3, -0.25) is 0 Å². The fourth-order valence-corrected chi connectivity index (χ4v) is 19.2. The largest absolute Gasteiger partial charge is 0.494 e. The number of hydrogen-bond donors (Lipinski definition) is 0. The molecule has 2 saturated heterocycles. The van der Waals surface area contributed by atoms with Crippen molar-refractivity contribution in [3.05, 3.63) is 455 Å². The first-order valence-corrected chi connectivity index (χ1v) is 45.2. The molecule has 6 aliphatic carbocycles. The second-order valence-electron chi connectivity index (χ2n) is 36.4. The number of halogens is 1. The van der Waals surface area contributed by atoms with Crippen LogP contribution in [0.4, 0.5) is 0 Å². The van der Waals surface area contributed by atoms with Gasteiger partial charge >= 0.3 is 14.2 Å². The fraction of sp³-hybridized carbons (Fsp3) is 0.138. The summed E-state index contributed by atoms with van der Waals surface area (Å²) in [5.74, 6) is 6.46. The molecular formula is C116H93B2ClN9O4-. The van der Waals surface area contributed by atoms with E-state index in [1.165, 1.54) is 77.9 Å². The minimum atomic E-state index is -0.369. The van der Waals surface area contributed by atoms with Crippen LogP contribution in [-0.2, 0) is 18.6 Å². The Morgan fingerprint density at radius 2 is 0.364 bits per heavy atom. The number of aromatic nitrogens is 9. The Balaban J connectivity index is 0.000000137. The summed E-state index contributed by atoms with van der Waals surface area (Å²) in [6.45, 7) is 16.9. The molecule has 15 aromatic carbocycles. The first-order chi connectivity index (χ1) is 63.8. The number of hydrogen-bond acceptors (Lipinski definition) is 13. The monoisotopic (exact) mass is 1730 g/mol. The highest BCUT2D eigenvalue weighted by atomic mass is 35.5. The maximum atomic E-state index is 6.42. The zero-order valence-electron chi connectivity index (χ0n) is 74.8. The van der Waals surface area contributed by atoms with E-state index >= 15 is 0 Å². The van der Waals surface area contributed by atoms with E-state index in [9.17, 15) is 0 Å². The Hall–Kier alpha value is -14.4. The van der Waals surface area contributed by atoms with Gasteiger partial charge in [-0.1, -0.05) is 351 Å². The van der Waals surface area contributed by atoms with Crippen LogP contribution in [0.1, 0.15) is 146 Å². The number of nitrogens with zero attached hydrogens (tertiary/aromatic N) is 9. The maximum absolute atomic E-state index is 6.42. The van der Waals surface area contributed by atoms with E-state index in [1.54, 1.807) is 0 Å². The van der Waals surface area contributed by atoms with Gasteiger partial charge in [-0.05, 0) is 192 Å². The molecule has 18 aromatic rings. The lowest BCUT2D eigenvalue weighted by molar-refractivity contribution is 0.00578. The van der Waals surface area contributed by atoms with Crippen LogP contribution in [0.2, 0.25) is 5.02 Å². The van der Waals surface area contributed by atoms with Crippen LogP contribution in [0.5, 0.6) is 0 Å². The van der Waals surface area contributed by atoms with Gasteiger partial charge in [-0.2, -0.15) is 0 Å². The predicted octanol–water partition coefficient (Wildman–Crippen LogP) is 25.6. The Labute approximate surface area is 776 Å². The van der Waals surface area contributed by atoms with Gasteiger partial charge in [0.25, 0.3) is 0 Å². The predicted molar refractivity (Wildman–Crippen MR) is 532 cm³/mol. The van der Waals surface area contributed by atoms with Gasteiger partial charge in [0.15, 0.2) is 52.4 Å². The molecule has 3 aromatic heterocycles. The normalized spacial score (nSPS) is 17.0. The van der Waals surface area contributed by atoms with Gasteiger partial charge in [-0.25, -0.2) is 44.9 Å². The highest BCUT2D eigenvalue weighted by molar-refractivity contribution is 6.62. The molecule has 0 spiro atoms. The molecule has 2 fully saturated rings. The average molecular weight is 1730 g/mol. The fourth-order valence-electron chi connectivity index (χ4n) is 19.1. The van der Waals surface area contributed by atoms with E-state index in [-0.39, 0.29) is 67.7 Å². The lowest BCUT2D eigenvalue weighted by atomic mass is 9.59. The molecule has 132 heavy (non-hydrogen) atoms. The molecule has 16 heteroatoms. The summed E-state index contributed by atoms with van der Waals surface area (Å²) >= 11 is 6.00. The second-order valence-corrected chi connectivity index (χ2v) is 36.8.